The van der Waals surface area contributed by atoms with Gasteiger partial charge in [-0.3, -0.25) is 14.6 Å². The Morgan fingerprint density at radius 1 is 0.821 bits per heavy atom. The van der Waals surface area contributed by atoms with Crippen LogP contribution in [0.4, 0.5) is 8.78 Å². The van der Waals surface area contributed by atoms with Crippen molar-refractivity contribution in [1.29, 1.82) is 0 Å². The van der Waals surface area contributed by atoms with Crippen molar-refractivity contribution in [2.24, 2.45) is 0 Å². The molecule has 0 bridgehead atoms. The third-order valence-corrected chi connectivity index (χ3v) is 7.49. The van der Waals surface area contributed by atoms with Crippen LogP contribution in [0.1, 0.15) is 29.2 Å². The van der Waals surface area contributed by atoms with Gasteiger partial charge < -0.3 is 4.74 Å². The highest BCUT2D eigenvalue weighted by Crippen LogP contribution is 2.43. The Bertz CT molecular complexity index is 1290. The van der Waals surface area contributed by atoms with Crippen LogP contribution in [0.2, 0.25) is 0 Å². The zero-order chi connectivity index (χ0) is 27.2. The minimum Gasteiger partial charge on any atom is -0.465 e. The lowest BCUT2D eigenvalue weighted by Crippen LogP contribution is -2.62. The van der Waals surface area contributed by atoms with Gasteiger partial charge >= 0.3 is 5.97 Å². The zero-order valence-electron chi connectivity index (χ0n) is 22.0. The smallest absolute Gasteiger partial charge is 0.324 e. The summed E-state index contributed by atoms with van der Waals surface area (Å²) >= 11 is 0. The van der Waals surface area contributed by atoms with Crippen molar-refractivity contribution < 1.29 is 18.3 Å². The lowest BCUT2D eigenvalue weighted by atomic mass is 9.75. The van der Waals surface area contributed by atoms with Crippen LogP contribution in [0, 0.1) is 11.6 Å². The van der Waals surface area contributed by atoms with Crippen molar-refractivity contribution in [2.45, 2.75) is 25.0 Å². The number of hydrogen-bond acceptors (Lipinski definition) is 4. The van der Waals surface area contributed by atoms with E-state index < -0.39 is 23.2 Å². The van der Waals surface area contributed by atoms with Crippen LogP contribution in [-0.2, 0) is 21.6 Å². The molecule has 0 N–H and O–H groups in total. The van der Waals surface area contributed by atoms with Crippen LogP contribution < -0.4 is 0 Å². The fourth-order valence-corrected chi connectivity index (χ4v) is 5.73. The van der Waals surface area contributed by atoms with Gasteiger partial charge in [0.25, 0.3) is 0 Å². The second-order valence-corrected chi connectivity index (χ2v) is 9.73. The molecule has 4 nitrogen and oxygen atoms in total. The minimum atomic E-state index is -0.679. The Labute approximate surface area is 228 Å². The largest absolute Gasteiger partial charge is 0.465 e. The molecule has 6 heteroatoms. The van der Waals surface area contributed by atoms with Gasteiger partial charge in [-0.25, -0.2) is 8.78 Å². The lowest BCUT2D eigenvalue weighted by Gasteiger charge is -2.51. The first-order valence-electron chi connectivity index (χ1n) is 13.3. The van der Waals surface area contributed by atoms with Gasteiger partial charge in [0, 0.05) is 37.8 Å². The van der Waals surface area contributed by atoms with Gasteiger partial charge in [-0.05, 0) is 29.7 Å². The molecule has 200 valence electrons. The maximum absolute atomic E-state index is 14.6. The van der Waals surface area contributed by atoms with E-state index in [9.17, 15) is 13.6 Å². The molecule has 39 heavy (non-hydrogen) atoms. The molecule has 1 heterocycles. The molecule has 0 spiro atoms. The average Bonchev–Trinajstić information content (AvgIpc) is 2.97. The van der Waals surface area contributed by atoms with Crippen molar-refractivity contribution in [3.63, 3.8) is 0 Å². The molecule has 1 unspecified atom stereocenters. The Hall–Kier alpha value is -3.87. The van der Waals surface area contributed by atoms with Crippen LogP contribution in [0.25, 0.3) is 0 Å². The average molecular weight is 527 g/mol. The molecule has 1 aliphatic heterocycles. The summed E-state index contributed by atoms with van der Waals surface area (Å²) in [7, 11) is 0. The molecule has 1 fully saturated rings. The first-order valence-corrected chi connectivity index (χ1v) is 13.3. The standard InChI is InChI=1S/C33H32F2N2O2/c1-2-39-32(38)31-24-37(21-20-36(31)23-25-18-19-29(34)22-30(25)35)33(26-12-6-3-7-13-26,27-14-8-4-9-15-27)28-16-10-5-11-17-28/h3-19,22,31H,2,20-21,23-24H2,1H3. The van der Waals surface area contributed by atoms with Crippen LogP contribution in [0.5, 0.6) is 0 Å². The predicted molar refractivity (Wildman–Crippen MR) is 148 cm³/mol. The van der Waals surface area contributed by atoms with Crippen molar-refractivity contribution in [3.8, 4) is 0 Å². The molecular weight excluding hydrogens is 494 g/mol. The van der Waals surface area contributed by atoms with E-state index in [-0.39, 0.29) is 19.1 Å². The maximum atomic E-state index is 14.6. The van der Waals surface area contributed by atoms with Gasteiger partial charge in [0.1, 0.15) is 17.7 Å². The summed E-state index contributed by atoms with van der Waals surface area (Å²) in [6.07, 6.45) is 0. The van der Waals surface area contributed by atoms with Crippen molar-refractivity contribution in [1.82, 2.24) is 9.80 Å². The van der Waals surface area contributed by atoms with E-state index in [2.05, 4.69) is 41.3 Å². The lowest BCUT2D eigenvalue weighted by molar-refractivity contribution is -0.153. The number of rotatable bonds is 8. The summed E-state index contributed by atoms with van der Waals surface area (Å²) < 4.78 is 33.7. The summed E-state index contributed by atoms with van der Waals surface area (Å²) in [5.41, 5.74) is 2.93. The monoisotopic (exact) mass is 526 g/mol. The Balaban J connectivity index is 1.61. The van der Waals surface area contributed by atoms with E-state index in [1.807, 2.05) is 59.5 Å². The number of hydrogen-bond donors (Lipinski definition) is 0. The quantitative estimate of drug-likeness (QED) is 0.208. The highest BCUT2D eigenvalue weighted by atomic mass is 19.1. The van der Waals surface area contributed by atoms with Crippen LogP contribution in [0.3, 0.4) is 0 Å². The van der Waals surface area contributed by atoms with E-state index in [1.54, 1.807) is 6.92 Å². The van der Waals surface area contributed by atoms with Gasteiger partial charge in [-0.1, -0.05) is 97.1 Å². The number of carbonyl (C=O) groups excluding carboxylic acids is 1. The number of esters is 1. The molecule has 0 aromatic heterocycles. The van der Waals surface area contributed by atoms with Crippen molar-refractivity contribution >= 4 is 5.97 Å². The van der Waals surface area contributed by atoms with Crippen LogP contribution >= 0.6 is 0 Å². The number of piperazine rings is 1. The van der Waals surface area contributed by atoms with E-state index in [0.29, 0.717) is 25.2 Å². The summed E-state index contributed by atoms with van der Waals surface area (Å²) in [6, 6.07) is 33.9. The molecule has 1 saturated heterocycles. The maximum Gasteiger partial charge on any atom is 0.324 e. The van der Waals surface area contributed by atoms with Crippen LogP contribution in [-0.4, -0.2) is 48.1 Å². The Morgan fingerprint density at radius 2 is 1.36 bits per heavy atom. The molecule has 4 aromatic carbocycles. The second-order valence-electron chi connectivity index (χ2n) is 9.73. The fourth-order valence-electron chi connectivity index (χ4n) is 5.73. The summed E-state index contributed by atoms with van der Waals surface area (Å²) in [4.78, 5) is 17.7. The highest BCUT2D eigenvalue weighted by Gasteiger charge is 2.46. The molecule has 0 radical (unpaired) electrons. The number of halogens is 2. The summed E-state index contributed by atoms with van der Waals surface area (Å²) in [5, 5.41) is 0. The molecule has 1 aliphatic rings. The molecule has 4 aromatic rings. The molecule has 5 rings (SSSR count). The van der Waals surface area contributed by atoms with Gasteiger partial charge in [0.2, 0.25) is 0 Å². The molecule has 0 aliphatic carbocycles. The van der Waals surface area contributed by atoms with E-state index >= 15 is 0 Å². The predicted octanol–water partition coefficient (Wildman–Crippen LogP) is 6.01. The van der Waals surface area contributed by atoms with E-state index in [1.165, 1.54) is 12.1 Å². The summed E-state index contributed by atoms with van der Waals surface area (Å²) in [6.45, 7) is 3.67. The first-order chi connectivity index (χ1) is 19.0. The molecule has 0 amide bonds. The zero-order valence-corrected chi connectivity index (χ0v) is 22.0. The normalized spacial score (nSPS) is 16.6. The number of ether oxygens (including phenoxy) is 1. The first kappa shape index (κ1) is 26.7. The Morgan fingerprint density at radius 3 is 1.85 bits per heavy atom. The van der Waals surface area contributed by atoms with Gasteiger partial charge in [0.15, 0.2) is 0 Å². The number of carbonyl (C=O) groups is 1. The van der Waals surface area contributed by atoms with Crippen LogP contribution in [0.15, 0.2) is 109 Å². The van der Waals surface area contributed by atoms with Gasteiger partial charge in [0.05, 0.1) is 12.1 Å². The van der Waals surface area contributed by atoms with Gasteiger partial charge in [-0.15, -0.1) is 0 Å². The second kappa shape index (κ2) is 11.9. The van der Waals surface area contributed by atoms with E-state index in [4.69, 9.17) is 4.74 Å². The number of nitrogens with zero attached hydrogens (tertiary/aromatic N) is 2. The third-order valence-electron chi connectivity index (χ3n) is 7.49. The molecular formula is C33H32F2N2O2. The SMILES string of the molecule is CCOC(=O)C1CN(C(c2ccccc2)(c2ccccc2)c2ccccc2)CCN1Cc1ccc(F)cc1F. The number of benzene rings is 4. The van der Waals surface area contributed by atoms with Gasteiger partial charge in [-0.2, -0.15) is 0 Å². The Kier molecular flexibility index (Phi) is 8.15. The third kappa shape index (κ3) is 5.35. The van der Waals surface area contributed by atoms with Crippen molar-refractivity contribution in [3.05, 3.63) is 143 Å². The minimum absolute atomic E-state index is 0.179. The summed E-state index contributed by atoms with van der Waals surface area (Å²) in [5.74, 6) is -1.60. The topological polar surface area (TPSA) is 32.8 Å². The van der Waals surface area contributed by atoms with Crippen molar-refractivity contribution in [2.75, 3.05) is 26.2 Å². The van der Waals surface area contributed by atoms with E-state index in [0.717, 1.165) is 22.8 Å². The highest BCUT2D eigenvalue weighted by molar-refractivity contribution is 5.76. The molecule has 0 saturated carbocycles. The molecule has 1 atom stereocenters. The fraction of sp³-hybridized carbons (Fsp3) is 0.242.